The second kappa shape index (κ2) is 4.47. The van der Waals surface area contributed by atoms with Crippen molar-refractivity contribution in [1.29, 1.82) is 0 Å². The largest absolute Gasteiger partial charge is 0.437 e. The molecule has 1 aromatic rings. The Morgan fingerprint density at radius 2 is 1.88 bits per heavy atom. The zero-order valence-corrected chi connectivity index (χ0v) is 11.2. The topological polar surface area (TPSA) is 23.5 Å². The highest BCUT2D eigenvalue weighted by Gasteiger charge is 2.46. The molecule has 0 radical (unpaired) electrons. The minimum atomic E-state index is -0.381. The molecule has 92 valence electrons. The highest BCUT2D eigenvalue weighted by Crippen LogP contribution is 2.43. The molecule has 0 saturated carbocycles. The summed E-state index contributed by atoms with van der Waals surface area (Å²) in [5.74, 6) is 0.515. The fourth-order valence-corrected chi connectivity index (χ4v) is 3.50. The molecule has 1 aliphatic heterocycles. The quantitative estimate of drug-likeness (QED) is 0.791. The molecule has 0 unspecified atom stereocenters. The Labute approximate surface area is 105 Å². The molecular weight excluding hydrogens is 209 g/mol. The van der Waals surface area contributed by atoms with Crippen molar-refractivity contribution in [3.8, 4) is 0 Å². The van der Waals surface area contributed by atoms with Crippen LogP contribution >= 0.6 is 0 Å². The number of nitrogens with zero attached hydrogens (tertiary/aromatic N) is 1. The van der Waals surface area contributed by atoms with E-state index in [0.29, 0.717) is 12.0 Å². The van der Waals surface area contributed by atoms with Gasteiger partial charge < -0.3 is 9.83 Å². The molecule has 1 saturated heterocycles. The lowest BCUT2D eigenvalue weighted by molar-refractivity contribution is 0.221. The maximum Gasteiger partial charge on any atom is 0.377 e. The summed E-state index contributed by atoms with van der Waals surface area (Å²) in [7, 11) is -0.381. The number of benzene rings is 1. The number of hydrogen-bond donors (Lipinski definition) is 1. The second-order valence-electron chi connectivity index (χ2n) is 5.81. The van der Waals surface area contributed by atoms with E-state index in [1.807, 2.05) is 6.82 Å². The summed E-state index contributed by atoms with van der Waals surface area (Å²) in [6, 6.07) is 11.0. The van der Waals surface area contributed by atoms with Crippen LogP contribution in [0.15, 0.2) is 30.3 Å². The van der Waals surface area contributed by atoms with Crippen molar-refractivity contribution in [2.75, 3.05) is 0 Å². The summed E-state index contributed by atoms with van der Waals surface area (Å²) in [5, 5.41) is 9.95. The fraction of sp³-hybridized carbons (Fsp3) is 0.571. The SMILES string of the molecule is CB(O)N1[C@@H](C)[C@H](c2ccccc2)CC1(C)C. The summed E-state index contributed by atoms with van der Waals surface area (Å²) in [6.07, 6.45) is 1.10. The molecular formula is C14H22BNO. The van der Waals surface area contributed by atoms with Crippen LogP contribution in [-0.2, 0) is 0 Å². The third-order valence-electron chi connectivity index (χ3n) is 4.07. The molecule has 3 heteroatoms. The van der Waals surface area contributed by atoms with E-state index in [-0.39, 0.29) is 12.6 Å². The van der Waals surface area contributed by atoms with Crippen molar-refractivity contribution >= 4 is 7.05 Å². The number of rotatable bonds is 2. The van der Waals surface area contributed by atoms with Gasteiger partial charge in [-0.05, 0) is 45.5 Å². The maximum atomic E-state index is 9.95. The van der Waals surface area contributed by atoms with Crippen molar-refractivity contribution in [2.24, 2.45) is 0 Å². The predicted molar refractivity (Wildman–Crippen MR) is 73.0 cm³/mol. The Morgan fingerprint density at radius 1 is 1.29 bits per heavy atom. The van der Waals surface area contributed by atoms with Gasteiger partial charge in [0.15, 0.2) is 0 Å². The molecule has 1 fully saturated rings. The molecule has 2 rings (SSSR count). The summed E-state index contributed by atoms with van der Waals surface area (Å²) in [5.41, 5.74) is 1.45. The highest BCUT2D eigenvalue weighted by molar-refractivity contribution is 6.45. The Hall–Kier alpha value is -0.795. The van der Waals surface area contributed by atoms with E-state index in [4.69, 9.17) is 0 Å². The van der Waals surface area contributed by atoms with Gasteiger partial charge in [-0.15, -0.1) is 0 Å². The average Bonchev–Trinajstić information content (AvgIpc) is 2.50. The zero-order chi connectivity index (χ0) is 12.6. The lowest BCUT2D eigenvalue weighted by Crippen LogP contribution is -2.50. The monoisotopic (exact) mass is 231 g/mol. The second-order valence-corrected chi connectivity index (χ2v) is 5.81. The first-order valence-electron chi connectivity index (χ1n) is 6.45. The predicted octanol–water partition coefficient (Wildman–Crippen LogP) is 2.75. The van der Waals surface area contributed by atoms with Crippen LogP contribution in [0.5, 0.6) is 0 Å². The lowest BCUT2D eigenvalue weighted by Gasteiger charge is -2.35. The van der Waals surface area contributed by atoms with E-state index in [9.17, 15) is 5.02 Å². The van der Waals surface area contributed by atoms with Crippen LogP contribution in [0.25, 0.3) is 0 Å². The van der Waals surface area contributed by atoms with Gasteiger partial charge in [-0.25, -0.2) is 0 Å². The first-order valence-corrected chi connectivity index (χ1v) is 6.45. The van der Waals surface area contributed by atoms with Crippen LogP contribution in [0.1, 0.15) is 38.7 Å². The molecule has 0 amide bonds. The summed E-state index contributed by atoms with van der Waals surface area (Å²) >= 11 is 0. The van der Waals surface area contributed by atoms with Gasteiger partial charge in [0, 0.05) is 11.6 Å². The van der Waals surface area contributed by atoms with E-state index in [2.05, 4.69) is 55.9 Å². The van der Waals surface area contributed by atoms with Gasteiger partial charge >= 0.3 is 7.05 Å². The Kier molecular flexibility index (Phi) is 3.33. The van der Waals surface area contributed by atoms with E-state index < -0.39 is 0 Å². The Morgan fingerprint density at radius 3 is 2.35 bits per heavy atom. The van der Waals surface area contributed by atoms with Gasteiger partial charge in [-0.3, -0.25) is 0 Å². The molecule has 0 aliphatic carbocycles. The molecule has 0 bridgehead atoms. The molecule has 1 heterocycles. The zero-order valence-electron chi connectivity index (χ0n) is 11.2. The molecule has 0 spiro atoms. The van der Waals surface area contributed by atoms with E-state index in [0.717, 1.165) is 6.42 Å². The van der Waals surface area contributed by atoms with Gasteiger partial charge in [-0.1, -0.05) is 30.3 Å². The van der Waals surface area contributed by atoms with E-state index >= 15 is 0 Å². The van der Waals surface area contributed by atoms with Crippen molar-refractivity contribution in [1.82, 2.24) is 4.81 Å². The highest BCUT2D eigenvalue weighted by atomic mass is 16.2. The smallest absolute Gasteiger partial charge is 0.377 e. The summed E-state index contributed by atoms with van der Waals surface area (Å²) < 4.78 is 0. The normalized spacial score (nSPS) is 28.3. The molecule has 1 aliphatic rings. The number of hydrogen-bond acceptors (Lipinski definition) is 2. The first kappa shape index (κ1) is 12.7. The van der Waals surface area contributed by atoms with Gasteiger partial charge in [0.05, 0.1) is 0 Å². The molecule has 2 atom stereocenters. The molecule has 1 N–H and O–H groups in total. The van der Waals surface area contributed by atoms with E-state index in [1.165, 1.54) is 5.56 Å². The van der Waals surface area contributed by atoms with Crippen LogP contribution in [0.4, 0.5) is 0 Å². The van der Waals surface area contributed by atoms with Gasteiger partial charge in [0.25, 0.3) is 0 Å². The van der Waals surface area contributed by atoms with E-state index in [1.54, 1.807) is 0 Å². The van der Waals surface area contributed by atoms with Gasteiger partial charge in [-0.2, -0.15) is 0 Å². The van der Waals surface area contributed by atoms with Crippen molar-refractivity contribution in [3.05, 3.63) is 35.9 Å². The minimum absolute atomic E-state index is 0.0636. The summed E-state index contributed by atoms with van der Waals surface area (Å²) in [6.45, 7) is 8.53. The third kappa shape index (κ3) is 2.27. The third-order valence-corrected chi connectivity index (χ3v) is 4.07. The van der Waals surface area contributed by atoms with Crippen LogP contribution in [0.3, 0.4) is 0 Å². The van der Waals surface area contributed by atoms with Crippen molar-refractivity contribution in [2.45, 2.75) is 51.5 Å². The molecule has 17 heavy (non-hydrogen) atoms. The minimum Gasteiger partial charge on any atom is -0.437 e. The average molecular weight is 231 g/mol. The summed E-state index contributed by atoms with van der Waals surface area (Å²) in [4.78, 5) is 2.23. The van der Waals surface area contributed by atoms with Crippen LogP contribution in [-0.4, -0.2) is 28.5 Å². The lowest BCUT2D eigenvalue weighted by atomic mass is 9.80. The van der Waals surface area contributed by atoms with Crippen molar-refractivity contribution < 1.29 is 5.02 Å². The molecule has 2 nitrogen and oxygen atoms in total. The van der Waals surface area contributed by atoms with Crippen LogP contribution in [0.2, 0.25) is 6.82 Å². The van der Waals surface area contributed by atoms with Crippen LogP contribution in [0, 0.1) is 0 Å². The Balaban J connectivity index is 2.29. The maximum absolute atomic E-state index is 9.95. The van der Waals surface area contributed by atoms with Crippen LogP contribution < -0.4 is 0 Å². The standard InChI is InChI=1S/C14H22BNO/c1-11-13(12-8-6-5-7-9-12)10-14(2,3)16(11)15(4)17/h5-9,11,13,17H,10H2,1-4H3/t11-,13+/m0/s1. The Bertz CT molecular complexity index is 377. The fourth-order valence-electron chi connectivity index (χ4n) is 3.50. The first-order chi connectivity index (χ1) is 7.93. The van der Waals surface area contributed by atoms with Gasteiger partial charge in [0.1, 0.15) is 0 Å². The molecule has 1 aromatic carbocycles. The van der Waals surface area contributed by atoms with Gasteiger partial charge in [0.2, 0.25) is 0 Å². The van der Waals surface area contributed by atoms with Crippen molar-refractivity contribution in [3.63, 3.8) is 0 Å². The molecule has 0 aromatic heterocycles.